The lowest BCUT2D eigenvalue weighted by atomic mass is 10.1. The zero-order valence-electron chi connectivity index (χ0n) is 10.1. The first-order valence-corrected chi connectivity index (χ1v) is 6.01. The van der Waals surface area contributed by atoms with Crippen LogP contribution in [-0.2, 0) is 4.74 Å². The van der Waals surface area contributed by atoms with Crippen LogP contribution in [0, 0.1) is 0 Å². The van der Waals surface area contributed by atoms with Gasteiger partial charge in [0.25, 0.3) is 0 Å². The van der Waals surface area contributed by atoms with Crippen molar-refractivity contribution in [2.24, 2.45) is 0 Å². The molecule has 1 fully saturated rings. The quantitative estimate of drug-likeness (QED) is 0.764. The van der Waals surface area contributed by atoms with Gasteiger partial charge in [0.2, 0.25) is 0 Å². The normalized spacial score (nSPS) is 19.3. The fourth-order valence-corrected chi connectivity index (χ4v) is 2.28. The monoisotopic (exact) mass is 246 g/mol. The van der Waals surface area contributed by atoms with Crippen molar-refractivity contribution in [3.05, 3.63) is 40.2 Å². The second-order valence-corrected chi connectivity index (χ2v) is 4.39. The summed E-state index contributed by atoms with van der Waals surface area (Å²) in [5, 5.41) is 0.890. The Hall–Kier alpha value is -1.81. The van der Waals surface area contributed by atoms with Gasteiger partial charge in [-0.3, -0.25) is 0 Å². The summed E-state index contributed by atoms with van der Waals surface area (Å²) < 4.78 is 16.0. The van der Waals surface area contributed by atoms with Crippen molar-refractivity contribution in [3.8, 4) is 5.75 Å². The predicted molar refractivity (Wildman–Crippen MR) is 67.0 cm³/mol. The topological polar surface area (TPSA) is 48.7 Å². The van der Waals surface area contributed by atoms with E-state index in [0.29, 0.717) is 23.5 Å². The Balaban J connectivity index is 2.12. The van der Waals surface area contributed by atoms with Crippen LogP contribution in [0.1, 0.15) is 24.5 Å². The molecule has 18 heavy (non-hydrogen) atoms. The number of rotatable bonds is 2. The molecular weight excluding hydrogens is 232 g/mol. The van der Waals surface area contributed by atoms with Crippen molar-refractivity contribution in [1.82, 2.24) is 0 Å². The van der Waals surface area contributed by atoms with E-state index in [2.05, 4.69) is 0 Å². The van der Waals surface area contributed by atoms with Gasteiger partial charge in [-0.1, -0.05) is 0 Å². The Morgan fingerprint density at radius 1 is 1.33 bits per heavy atom. The average Bonchev–Trinajstić information content (AvgIpc) is 2.91. The van der Waals surface area contributed by atoms with Crippen molar-refractivity contribution >= 4 is 11.0 Å². The number of hydrogen-bond acceptors (Lipinski definition) is 4. The lowest BCUT2D eigenvalue weighted by Gasteiger charge is -2.09. The molecule has 1 atom stereocenters. The summed E-state index contributed by atoms with van der Waals surface area (Å²) in [5.41, 5.74) is 0.842. The van der Waals surface area contributed by atoms with Crippen LogP contribution >= 0.6 is 0 Å². The van der Waals surface area contributed by atoms with E-state index in [1.165, 1.54) is 0 Å². The third-order valence-corrected chi connectivity index (χ3v) is 3.25. The maximum atomic E-state index is 11.9. The lowest BCUT2D eigenvalue weighted by Crippen LogP contribution is -2.11. The van der Waals surface area contributed by atoms with Gasteiger partial charge in [-0.2, -0.15) is 0 Å². The van der Waals surface area contributed by atoms with E-state index in [-0.39, 0.29) is 11.7 Å². The molecule has 0 amide bonds. The molecule has 0 radical (unpaired) electrons. The smallest absolute Gasteiger partial charge is 0.342 e. The molecule has 1 aromatic heterocycles. The fraction of sp³-hybridized carbons (Fsp3) is 0.357. The summed E-state index contributed by atoms with van der Waals surface area (Å²) in [7, 11) is 1.58. The number of benzene rings is 1. The molecule has 0 spiro atoms. The van der Waals surface area contributed by atoms with Crippen LogP contribution in [0.2, 0.25) is 0 Å². The first-order chi connectivity index (χ1) is 8.78. The molecular formula is C14H14O4. The van der Waals surface area contributed by atoms with E-state index in [1.54, 1.807) is 13.2 Å². The molecule has 94 valence electrons. The van der Waals surface area contributed by atoms with Crippen LogP contribution in [0.15, 0.2) is 33.5 Å². The molecule has 1 unspecified atom stereocenters. The molecule has 2 heterocycles. The van der Waals surface area contributed by atoms with Gasteiger partial charge in [-0.25, -0.2) is 4.79 Å². The second kappa shape index (κ2) is 4.46. The van der Waals surface area contributed by atoms with Gasteiger partial charge >= 0.3 is 5.63 Å². The van der Waals surface area contributed by atoms with Gasteiger partial charge in [0.1, 0.15) is 11.3 Å². The van der Waals surface area contributed by atoms with Crippen molar-refractivity contribution in [2.75, 3.05) is 13.7 Å². The van der Waals surface area contributed by atoms with Crippen LogP contribution in [0.25, 0.3) is 11.0 Å². The van der Waals surface area contributed by atoms with Crippen molar-refractivity contribution in [2.45, 2.75) is 18.9 Å². The Morgan fingerprint density at radius 2 is 2.22 bits per heavy atom. The third-order valence-electron chi connectivity index (χ3n) is 3.25. The minimum absolute atomic E-state index is 0.118. The first-order valence-electron chi connectivity index (χ1n) is 6.01. The van der Waals surface area contributed by atoms with Crippen LogP contribution in [0.5, 0.6) is 5.75 Å². The maximum Gasteiger partial charge on any atom is 0.342 e. The van der Waals surface area contributed by atoms with Crippen LogP contribution in [-0.4, -0.2) is 13.7 Å². The summed E-state index contributed by atoms with van der Waals surface area (Å²) >= 11 is 0. The number of methoxy groups -OCH3 is 1. The largest absolute Gasteiger partial charge is 0.497 e. The minimum Gasteiger partial charge on any atom is -0.497 e. The summed E-state index contributed by atoms with van der Waals surface area (Å²) in [4.78, 5) is 11.9. The fourth-order valence-electron chi connectivity index (χ4n) is 2.28. The third kappa shape index (κ3) is 1.88. The van der Waals surface area contributed by atoms with Gasteiger partial charge < -0.3 is 13.9 Å². The Kier molecular flexibility index (Phi) is 2.80. The zero-order valence-corrected chi connectivity index (χ0v) is 10.1. The first kappa shape index (κ1) is 11.3. The van der Waals surface area contributed by atoms with E-state index in [4.69, 9.17) is 13.9 Å². The molecule has 1 aliphatic heterocycles. The average molecular weight is 246 g/mol. The van der Waals surface area contributed by atoms with Crippen LogP contribution in [0.3, 0.4) is 0 Å². The van der Waals surface area contributed by atoms with E-state index in [9.17, 15) is 4.79 Å². The molecule has 4 heteroatoms. The highest BCUT2D eigenvalue weighted by molar-refractivity contribution is 5.78. The molecule has 3 rings (SSSR count). The minimum atomic E-state index is -0.317. The molecule has 0 aliphatic carbocycles. The summed E-state index contributed by atoms with van der Waals surface area (Å²) in [6, 6.07) is 7.31. The Labute approximate surface area is 104 Å². The highest BCUT2D eigenvalue weighted by Crippen LogP contribution is 2.29. The summed E-state index contributed by atoms with van der Waals surface area (Å²) in [6.07, 6.45) is 1.75. The standard InChI is InChI=1S/C14H14O4/c1-16-10-5-4-9-7-11(12-3-2-6-17-12)14(15)18-13(9)8-10/h4-5,7-8,12H,2-3,6H2,1H3. The highest BCUT2D eigenvalue weighted by Gasteiger charge is 2.22. The molecule has 0 N–H and O–H groups in total. The Bertz CT molecular complexity index is 623. The predicted octanol–water partition coefficient (Wildman–Crippen LogP) is 2.65. The lowest BCUT2D eigenvalue weighted by molar-refractivity contribution is 0.109. The van der Waals surface area contributed by atoms with E-state index < -0.39 is 0 Å². The van der Waals surface area contributed by atoms with Gasteiger partial charge in [0.05, 0.1) is 18.8 Å². The van der Waals surface area contributed by atoms with Gasteiger partial charge in [0.15, 0.2) is 0 Å². The summed E-state index contributed by atoms with van der Waals surface area (Å²) in [6.45, 7) is 0.713. The van der Waals surface area contributed by atoms with E-state index >= 15 is 0 Å². The van der Waals surface area contributed by atoms with Crippen LogP contribution in [0.4, 0.5) is 0 Å². The summed E-state index contributed by atoms with van der Waals surface area (Å²) in [5.74, 6) is 0.676. The SMILES string of the molecule is COc1ccc2cc(C3CCCO3)c(=O)oc2c1. The van der Waals surface area contributed by atoms with E-state index in [1.807, 2.05) is 18.2 Å². The number of hydrogen-bond donors (Lipinski definition) is 0. The van der Waals surface area contributed by atoms with Gasteiger partial charge in [0, 0.05) is 18.1 Å². The molecule has 0 bridgehead atoms. The highest BCUT2D eigenvalue weighted by atomic mass is 16.5. The van der Waals surface area contributed by atoms with Crippen LogP contribution < -0.4 is 10.4 Å². The molecule has 4 nitrogen and oxygen atoms in total. The second-order valence-electron chi connectivity index (χ2n) is 4.39. The van der Waals surface area contributed by atoms with Crippen molar-refractivity contribution in [1.29, 1.82) is 0 Å². The van der Waals surface area contributed by atoms with Gasteiger partial charge in [-0.05, 0) is 31.0 Å². The molecule has 2 aromatic rings. The van der Waals surface area contributed by atoms with Crippen molar-refractivity contribution < 1.29 is 13.9 Å². The molecule has 1 aliphatic rings. The molecule has 0 saturated carbocycles. The molecule has 1 aromatic carbocycles. The van der Waals surface area contributed by atoms with Crippen molar-refractivity contribution in [3.63, 3.8) is 0 Å². The van der Waals surface area contributed by atoms with E-state index in [0.717, 1.165) is 18.2 Å². The number of fused-ring (bicyclic) bond motifs is 1. The number of ether oxygens (including phenoxy) is 2. The maximum absolute atomic E-state index is 11.9. The Morgan fingerprint density at radius 3 is 2.94 bits per heavy atom. The molecule has 1 saturated heterocycles. The zero-order chi connectivity index (χ0) is 12.5. The van der Waals surface area contributed by atoms with Gasteiger partial charge in [-0.15, -0.1) is 0 Å².